The highest BCUT2D eigenvalue weighted by Crippen LogP contribution is 2.41. The van der Waals surface area contributed by atoms with Gasteiger partial charge in [0.05, 0.1) is 25.7 Å². The lowest BCUT2D eigenvalue weighted by Crippen LogP contribution is -2.50. The Balaban J connectivity index is 1.44. The lowest BCUT2D eigenvalue weighted by molar-refractivity contribution is -0.145. The fourth-order valence-corrected chi connectivity index (χ4v) is 8.09. The minimum atomic E-state index is -4.75. The molecule has 4 heterocycles. The first-order valence-electron chi connectivity index (χ1n) is 14.9. The predicted octanol–water partition coefficient (Wildman–Crippen LogP) is 5.49. The van der Waals surface area contributed by atoms with Gasteiger partial charge in [-0.05, 0) is 65.9 Å². The zero-order valence-electron chi connectivity index (χ0n) is 25.7. The van der Waals surface area contributed by atoms with E-state index < -0.39 is 51.2 Å². The number of ether oxygens (including phenoxy) is 2. The summed E-state index contributed by atoms with van der Waals surface area (Å²) >= 11 is 0. The number of sulfonamides is 1. The van der Waals surface area contributed by atoms with Crippen molar-refractivity contribution >= 4 is 21.6 Å². The highest BCUT2D eigenvalue weighted by atomic mass is 32.2. The van der Waals surface area contributed by atoms with E-state index in [1.165, 1.54) is 29.6 Å². The summed E-state index contributed by atoms with van der Waals surface area (Å²) < 4.78 is 97.0. The van der Waals surface area contributed by atoms with Gasteiger partial charge in [0.2, 0.25) is 15.8 Å². The van der Waals surface area contributed by atoms with Crippen LogP contribution in [0.2, 0.25) is 0 Å². The number of nitrogens with zero attached hydrogens (tertiary/aromatic N) is 4. The largest absolute Gasteiger partial charge is 0.484 e. The van der Waals surface area contributed by atoms with Gasteiger partial charge in [-0.15, -0.1) is 10.2 Å². The van der Waals surface area contributed by atoms with E-state index in [9.17, 15) is 35.9 Å². The van der Waals surface area contributed by atoms with E-state index in [1.54, 1.807) is 32.0 Å². The van der Waals surface area contributed by atoms with Gasteiger partial charge >= 0.3 is 12.1 Å². The lowest BCUT2D eigenvalue weighted by atomic mass is 9.79. The van der Waals surface area contributed by atoms with Crippen LogP contribution in [0.25, 0.3) is 5.65 Å². The number of alkyl halides is 3. The molecule has 47 heavy (non-hydrogen) atoms. The van der Waals surface area contributed by atoms with Crippen LogP contribution in [0, 0.1) is 25.6 Å². The Bertz CT molecular complexity index is 1970. The molecule has 0 saturated carbocycles. The van der Waals surface area contributed by atoms with Crippen LogP contribution in [0.5, 0.6) is 5.75 Å². The van der Waals surface area contributed by atoms with E-state index >= 15 is 0 Å². The summed E-state index contributed by atoms with van der Waals surface area (Å²) in [6, 6.07) is 10.0. The summed E-state index contributed by atoms with van der Waals surface area (Å²) in [5.41, 5.74) is 1.58. The maximum Gasteiger partial charge on any atom is 0.452 e. The molecular weight excluding hydrogens is 644 g/mol. The van der Waals surface area contributed by atoms with Crippen molar-refractivity contribution < 1.29 is 45.4 Å². The number of carbonyl (C=O) groups is 1. The molecule has 1 unspecified atom stereocenters. The number of benzene rings is 2. The molecule has 10 nitrogen and oxygen atoms in total. The molecule has 2 aromatic heterocycles. The van der Waals surface area contributed by atoms with E-state index in [-0.39, 0.29) is 29.4 Å². The third-order valence-corrected chi connectivity index (χ3v) is 11.0. The van der Waals surface area contributed by atoms with Crippen LogP contribution in [0.15, 0.2) is 53.6 Å². The molecule has 6 rings (SSSR count). The van der Waals surface area contributed by atoms with E-state index in [1.807, 2.05) is 0 Å². The molecule has 1 spiro atoms. The van der Waals surface area contributed by atoms with Gasteiger partial charge in [-0.25, -0.2) is 12.8 Å². The SMILES string of the molecule is Cc1ccc([C@@H](c2ccn3c(C(F)(F)F)nnc3c2C)C(C)C(=O)O)cc1CN1CC2(CCOCC2)Oc2ccc(F)cc2S1(=O)=O. The van der Waals surface area contributed by atoms with Gasteiger partial charge in [-0.2, -0.15) is 17.5 Å². The number of hydrogen-bond donors (Lipinski definition) is 1. The van der Waals surface area contributed by atoms with Crippen LogP contribution in [-0.2, 0) is 32.3 Å². The van der Waals surface area contributed by atoms with Gasteiger partial charge < -0.3 is 14.6 Å². The number of carboxylic acids is 1. The maximum absolute atomic E-state index is 14.4. The number of carboxylic acid groups (broad SMARTS) is 1. The summed E-state index contributed by atoms with van der Waals surface area (Å²) in [4.78, 5) is 12.1. The third kappa shape index (κ3) is 5.95. The van der Waals surface area contributed by atoms with Crippen LogP contribution in [0.1, 0.15) is 59.3 Å². The average Bonchev–Trinajstić information content (AvgIpc) is 3.44. The second-order valence-corrected chi connectivity index (χ2v) is 14.1. The first-order chi connectivity index (χ1) is 22.1. The topological polar surface area (TPSA) is 123 Å². The standard InChI is InChI=1S/C32H32F4N4O6S/c1-18-4-5-21(27(20(3)29(41)42)24-8-11-40-28(19(24)2)37-38-30(40)32(34,35)36)14-22(18)16-39-17-31(9-12-45-13-10-31)46-25-7-6-23(33)15-26(25)47(39,43)44/h4-8,11,14-15,20,27H,9-10,12-13,16-17H2,1-3H3,(H,41,42)/t20?,27-/m0/s1. The molecule has 1 saturated heterocycles. The molecule has 1 fully saturated rings. The molecule has 0 aliphatic carbocycles. The minimum absolute atomic E-state index is 0.0299. The minimum Gasteiger partial charge on any atom is -0.484 e. The molecule has 2 atom stereocenters. The Labute approximate surface area is 268 Å². The van der Waals surface area contributed by atoms with E-state index in [0.717, 1.165) is 22.1 Å². The van der Waals surface area contributed by atoms with Crippen molar-refractivity contribution in [2.45, 2.75) is 62.7 Å². The summed E-state index contributed by atoms with van der Waals surface area (Å²) in [6.07, 6.45) is -2.76. The number of fused-ring (bicyclic) bond motifs is 2. The number of hydrogen-bond acceptors (Lipinski definition) is 7. The van der Waals surface area contributed by atoms with Crippen molar-refractivity contribution in [2.75, 3.05) is 19.8 Å². The second kappa shape index (κ2) is 11.9. The number of pyridine rings is 1. The highest BCUT2D eigenvalue weighted by molar-refractivity contribution is 7.89. The van der Waals surface area contributed by atoms with Gasteiger partial charge in [0.25, 0.3) is 0 Å². The second-order valence-electron chi connectivity index (χ2n) is 12.2. The highest BCUT2D eigenvalue weighted by Gasteiger charge is 2.45. The molecule has 0 bridgehead atoms. The van der Waals surface area contributed by atoms with Crippen molar-refractivity contribution in [1.29, 1.82) is 0 Å². The Morgan fingerprint density at radius 2 is 1.81 bits per heavy atom. The molecular formula is C32H32F4N4O6S. The van der Waals surface area contributed by atoms with Crippen LogP contribution >= 0.6 is 0 Å². The lowest BCUT2D eigenvalue weighted by Gasteiger charge is -2.38. The van der Waals surface area contributed by atoms with Crippen LogP contribution < -0.4 is 4.74 Å². The summed E-state index contributed by atoms with van der Waals surface area (Å²) in [6.45, 7) is 5.40. The first-order valence-corrected chi connectivity index (χ1v) is 16.4. The van der Waals surface area contributed by atoms with Gasteiger partial charge in [-0.3, -0.25) is 9.20 Å². The molecule has 2 aliphatic rings. The molecule has 1 N–H and O–H groups in total. The summed E-state index contributed by atoms with van der Waals surface area (Å²) in [7, 11) is -4.26. The maximum atomic E-state index is 14.4. The fraction of sp³-hybridized carbons (Fsp3) is 0.406. The van der Waals surface area contributed by atoms with E-state index in [2.05, 4.69) is 10.2 Å². The van der Waals surface area contributed by atoms with Gasteiger partial charge in [0.15, 0.2) is 5.65 Å². The summed E-state index contributed by atoms with van der Waals surface area (Å²) in [5, 5.41) is 17.2. The van der Waals surface area contributed by atoms with Gasteiger partial charge in [-0.1, -0.05) is 25.1 Å². The zero-order valence-corrected chi connectivity index (χ0v) is 26.5. The Hall–Kier alpha value is -4.08. The smallest absolute Gasteiger partial charge is 0.452 e. The van der Waals surface area contributed by atoms with Crippen molar-refractivity contribution in [1.82, 2.24) is 18.9 Å². The van der Waals surface area contributed by atoms with Gasteiger partial charge in [0.1, 0.15) is 22.1 Å². The fourth-order valence-electron chi connectivity index (χ4n) is 6.48. The van der Waals surface area contributed by atoms with Crippen molar-refractivity contribution in [3.05, 3.63) is 88.1 Å². The average molecular weight is 677 g/mol. The van der Waals surface area contributed by atoms with Gasteiger partial charge in [0, 0.05) is 31.5 Å². The van der Waals surface area contributed by atoms with Crippen molar-refractivity contribution in [3.8, 4) is 5.75 Å². The van der Waals surface area contributed by atoms with Crippen LogP contribution in [0.4, 0.5) is 17.6 Å². The van der Waals surface area contributed by atoms with Crippen molar-refractivity contribution in [2.24, 2.45) is 5.92 Å². The molecule has 0 amide bonds. The number of aromatic nitrogens is 3. The quantitative estimate of drug-likeness (QED) is 0.266. The number of rotatable bonds is 6. The van der Waals surface area contributed by atoms with Crippen molar-refractivity contribution in [3.63, 3.8) is 0 Å². The molecule has 0 radical (unpaired) electrons. The first kappa shape index (κ1) is 32.8. The normalized spacial score (nSPS) is 19.1. The summed E-state index contributed by atoms with van der Waals surface area (Å²) in [5.74, 6) is -4.89. The Kier molecular flexibility index (Phi) is 8.29. The van der Waals surface area contributed by atoms with Crippen LogP contribution in [-0.4, -0.2) is 63.8 Å². The third-order valence-electron chi connectivity index (χ3n) is 9.14. The monoisotopic (exact) mass is 676 g/mol. The Morgan fingerprint density at radius 1 is 1.09 bits per heavy atom. The number of aliphatic carboxylic acids is 1. The van der Waals surface area contributed by atoms with E-state index in [4.69, 9.17) is 9.47 Å². The molecule has 250 valence electrons. The molecule has 15 heteroatoms. The van der Waals surface area contributed by atoms with Crippen LogP contribution in [0.3, 0.4) is 0 Å². The molecule has 2 aromatic carbocycles. The predicted molar refractivity (Wildman–Crippen MR) is 160 cm³/mol. The number of aryl methyl sites for hydroxylation is 2. The van der Waals surface area contributed by atoms with E-state index in [0.29, 0.717) is 48.3 Å². The number of halogens is 4. The molecule has 4 aromatic rings. The Morgan fingerprint density at radius 3 is 2.49 bits per heavy atom. The molecule has 2 aliphatic heterocycles. The zero-order chi connectivity index (χ0) is 33.9.